The molecule has 0 radical (unpaired) electrons. The zero-order valence-electron chi connectivity index (χ0n) is 14.8. The molecular weight excluding hydrogens is 394 g/mol. The predicted molar refractivity (Wildman–Crippen MR) is 95.5 cm³/mol. The predicted octanol–water partition coefficient (Wildman–Crippen LogP) is 3.25. The van der Waals surface area contributed by atoms with Crippen LogP contribution in [0.5, 0.6) is 5.75 Å². The number of alkyl halides is 3. The lowest BCUT2D eigenvalue weighted by molar-refractivity contribution is -0.274. The largest absolute Gasteiger partial charge is 0.573 e. The van der Waals surface area contributed by atoms with Gasteiger partial charge in [-0.1, -0.05) is 18.2 Å². The van der Waals surface area contributed by atoms with Crippen LogP contribution in [0.15, 0.2) is 53.5 Å². The van der Waals surface area contributed by atoms with Crippen LogP contribution in [0.2, 0.25) is 0 Å². The fourth-order valence-corrected chi connectivity index (χ4v) is 2.69. The van der Waals surface area contributed by atoms with Gasteiger partial charge in [0.2, 0.25) is 0 Å². The molecule has 0 aliphatic rings. The number of carbonyl (C=O) groups is 1. The van der Waals surface area contributed by atoms with Crippen LogP contribution in [0.25, 0.3) is 22.4 Å². The van der Waals surface area contributed by atoms with Gasteiger partial charge in [0.15, 0.2) is 0 Å². The molecule has 0 saturated heterocycles. The Morgan fingerprint density at radius 3 is 2.48 bits per heavy atom. The Kier molecular flexibility index (Phi) is 5.10. The molecule has 0 saturated carbocycles. The zero-order chi connectivity index (χ0) is 21.3. The molecule has 1 aromatic heterocycles. The molecule has 2 N–H and O–H groups in total. The fourth-order valence-electron chi connectivity index (χ4n) is 2.69. The molecule has 6 nitrogen and oxygen atoms in total. The van der Waals surface area contributed by atoms with Crippen LogP contribution in [0.3, 0.4) is 0 Å². The van der Waals surface area contributed by atoms with E-state index in [9.17, 15) is 27.2 Å². The number of halogens is 4. The summed E-state index contributed by atoms with van der Waals surface area (Å²) >= 11 is 0. The number of amides is 1. The number of hydrogen-bond donors (Lipinski definition) is 1. The van der Waals surface area contributed by atoms with Crippen molar-refractivity contribution < 1.29 is 27.1 Å². The minimum absolute atomic E-state index is 0.0897. The molecule has 0 fully saturated rings. The molecule has 3 rings (SSSR count). The second kappa shape index (κ2) is 7.38. The highest BCUT2D eigenvalue weighted by Gasteiger charge is 2.32. The van der Waals surface area contributed by atoms with Gasteiger partial charge in [0, 0.05) is 29.9 Å². The van der Waals surface area contributed by atoms with E-state index < -0.39 is 29.4 Å². The first-order valence-corrected chi connectivity index (χ1v) is 8.09. The van der Waals surface area contributed by atoms with E-state index in [1.165, 1.54) is 31.3 Å². The highest BCUT2D eigenvalue weighted by molar-refractivity contribution is 5.91. The van der Waals surface area contributed by atoms with Crippen molar-refractivity contribution in [3.05, 3.63) is 70.5 Å². The Labute approximate surface area is 161 Å². The molecule has 1 amide bonds. The third kappa shape index (κ3) is 4.26. The Bertz CT molecular complexity index is 1160. The molecule has 1 heterocycles. The van der Waals surface area contributed by atoms with Crippen LogP contribution >= 0.6 is 0 Å². The quantitative estimate of drug-likeness (QED) is 0.673. The first-order valence-electron chi connectivity index (χ1n) is 8.09. The number of aromatic nitrogens is 2. The summed E-state index contributed by atoms with van der Waals surface area (Å²) < 4.78 is 57.6. The standard InChI is InChI=1S/C19H13F4N3O3/c1-26-9-14(17(24)27)25-16(18(26)28)10-6-7-13(20)12(8-10)11-4-2-3-5-15(11)29-19(21,22)23/h2-9H,1H3,(H2,24,27). The van der Waals surface area contributed by atoms with Gasteiger partial charge in [-0.25, -0.2) is 9.37 Å². The van der Waals surface area contributed by atoms with Crippen molar-refractivity contribution in [1.29, 1.82) is 0 Å². The maximum Gasteiger partial charge on any atom is 0.573 e. The summed E-state index contributed by atoms with van der Waals surface area (Å²) in [6, 6.07) is 8.36. The SMILES string of the molecule is Cn1cc(C(N)=O)nc(-c2ccc(F)c(-c3ccccc3OC(F)(F)F)c2)c1=O. The van der Waals surface area contributed by atoms with Gasteiger partial charge < -0.3 is 15.0 Å². The number of aryl methyl sites for hydroxylation is 1. The van der Waals surface area contributed by atoms with Crippen LogP contribution in [-0.2, 0) is 7.05 Å². The van der Waals surface area contributed by atoms with Gasteiger partial charge in [0.25, 0.3) is 11.5 Å². The molecule has 3 aromatic rings. The highest BCUT2D eigenvalue weighted by atomic mass is 19.4. The number of para-hydroxylation sites is 1. The Hall–Kier alpha value is -3.69. The number of carbonyl (C=O) groups excluding carboxylic acids is 1. The Morgan fingerprint density at radius 2 is 1.83 bits per heavy atom. The van der Waals surface area contributed by atoms with E-state index in [-0.39, 0.29) is 28.1 Å². The maximum atomic E-state index is 14.5. The Morgan fingerprint density at radius 1 is 1.14 bits per heavy atom. The molecule has 29 heavy (non-hydrogen) atoms. The maximum absolute atomic E-state index is 14.5. The third-order valence-corrected chi connectivity index (χ3v) is 3.97. The number of hydrogen-bond acceptors (Lipinski definition) is 4. The van der Waals surface area contributed by atoms with Crippen molar-refractivity contribution in [1.82, 2.24) is 9.55 Å². The molecule has 0 unspecified atom stereocenters. The fraction of sp³-hybridized carbons (Fsp3) is 0.105. The summed E-state index contributed by atoms with van der Waals surface area (Å²) in [5.74, 6) is -2.33. The number of nitrogens with zero attached hydrogens (tertiary/aromatic N) is 2. The highest BCUT2D eigenvalue weighted by Crippen LogP contribution is 2.36. The van der Waals surface area contributed by atoms with Gasteiger partial charge in [-0.05, 0) is 24.3 Å². The van der Waals surface area contributed by atoms with Gasteiger partial charge in [-0.3, -0.25) is 9.59 Å². The molecule has 2 aromatic carbocycles. The summed E-state index contributed by atoms with van der Waals surface area (Å²) in [4.78, 5) is 27.7. The number of rotatable bonds is 4. The first kappa shape index (κ1) is 20.1. The minimum Gasteiger partial charge on any atom is -0.405 e. The van der Waals surface area contributed by atoms with Crippen LogP contribution in [0, 0.1) is 5.82 Å². The van der Waals surface area contributed by atoms with E-state index in [1.807, 2.05) is 0 Å². The summed E-state index contributed by atoms with van der Waals surface area (Å²) in [7, 11) is 1.37. The summed E-state index contributed by atoms with van der Waals surface area (Å²) in [6.07, 6.45) is -3.83. The van der Waals surface area contributed by atoms with Crippen molar-refractivity contribution in [2.75, 3.05) is 0 Å². The molecular formula is C19H13F4N3O3. The lowest BCUT2D eigenvalue weighted by atomic mass is 10.00. The molecule has 10 heteroatoms. The number of primary amides is 1. The van der Waals surface area contributed by atoms with E-state index in [1.54, 1.807) is 0 Å². The van der Waals surface area contributed by atoms with E-state index in [0.717, 1.165) is 29.0 Å². The number of benzene rings is 2. The average Bonchev–Trinajstić information content (AvgIpc) is 2.63. The van der Waals surface area contributed by atoms with Crippen molar-refractivity contribution in [2.24, 2.45) is 12.8 Å². The van der Waals surface area contributed by atoms with Crippen molar-refractivity contribution in [3.8, 4) is 28.1 Å². The van der Waals surface area contributed by atoms with E-state index in [4.69, 9.17) is 5.73 Å². The molecule has 0 atom stereocenters. The van der Waals surface area contributed by atoms with E-state index in [2.05, 4.69) is 9.72 Å². The Balaban J connectivity index is 2.20. The van der Waals surface area contributed by atoms with Gasteiger partial charge in [0.05, 0.1) is 0 Å². The normalized spacial score (nSPS) is 11.3. The van der Waals surface area contributed by atoms with Gasteiger partial charge >= 0.3 is 6.36 Å². The molecule has 0 aliphatic carbocycles. The molecule has 0 spiro atoms. The third-order valence-electron chi connectivity index (χ3n) is 3.97. The van der Waals surface area contributed by atoms with Crippen molar-refractivity contribution in [3.63, 3.8) is 0 Å². The van der Waals surface area contributed by atoms with Gasteiger partial charge in [-0.15, -0.1) is 13.2 Å². The van der Waals surface area contributed by atoms with Gasteiger partial charge in [-0.2, -0.15) is 0 Å². The number of ether oxygens (including phenoxy) is 1. The topological polar surface area (TPSA) is 87.2 Å². The summed E-state index contributed by atoms with van der Waals surface area (Å²) in [5.41, 5.74) is 3.87. The molecule has 0 aliphatic heterocycles. The van der Waals surface area contributed by atoms with Crippen molar-refractivity contribution in [2.45, 2.75) is 6.36 Å². The van der Waals surface area contributed by atoms with Crippen LogP contribution in [0.1, 0.15) is 10.5 Å². The first-order chi connectivity index (χ1) is 13.6. The number of nitrogens with two attached hydrogens (primary N) is 1. The van der Waals surface area contributed by atoms with E-state index >= 15 is 0 Å². The second-order valence-electron chi connectivity index (χ2n) is 5.99. The van der Waals surface area contributed by atoms with E-state index in [0.29, 0.717) is 0 Å². The minimum atomic E-state index is -4.97. The monoisotopic (exact) mass is 407 g/mol. The average molecular weight is 407 g/mol. The molecule has 0 bridgehead atoms. The lowest BCUT2D eigenvalue weighted by Crippen LogP contribution is -2.25. The molecule has 150 valence electrons. The summed E-state index contributed by atoms with van der Waals surface area (Å²) in [6.45, 7) is 0. The van der Waals surface area contributed by atoms with Crippen LogP contribution < -0.4 is 16.0 Å². The van der Waals surface area contributed by atoms with Crippen LogP contribution in [-0.4, -0.2) is 21.8 Å². The van der Waals surface area contributed by atoms with Crippen molar-refractivity contribution >= 4 is 5.91 Å². The second-order valence-corrected chi connectivity index (χ2v) is 5.99. The summed E-state index contributed by atoms with van der Waals surface area (Å²) in [5, 5.41) is 0. The zero-order valence-corrected chi connectivity index (χ0v) is 14.8. The van der Waals surface area contributed by atoms with Gasteiger partial charge in [0.1, 0.15) is 23.0 Å². The van der Waals surface area contributed by atoms with Crippen LogP contribution in [0.4, 0.5) is 17.6 Å². The lowest BCUT2D eigenvalue weighted by Gasteiger charge is -2.14. The smallest absolute Gasteiger partial charge is 0.405 e.